The van der Waals surface area contributed by atoms with Crippen molar-refractivity contribution in [3.8, 4) is 0 Å². The average molecular weight is 267 g/mol. The normalized spacial score (nSPS) is 10.1. The lowest BCUT2D eigenvalue weighted by Gasteiger charge is -2.19. The Balaban J connectivity index is 2.07. The third-order valence-electron chi connectivity index (χ3n) is 3.05. The van der Waals surface area contributed by atoms with Crippen molar-refractivity contribution in [3.05, 3.63) is 66.2 Å². The molecule has 0 heterocycles. The Morgan fingerprint density at radius 2 is 1.45 bits per heavy atom. The summed E-state index contributed by atoms with van der Waals surface area (Å²) in [5.41, 5.74) is 1.72. The van der Waals surface area contributed by atoms with E-state index in [1.54, 1.807) is 12.1 Å². The average Bonchev–Trinajstić information content (AvgIpc) is 2.47. The summed E-state index contributed by atoms with van der Waals surface area (Å²) in [5.74, 6) is -0.429. The Labute approximate surface area is 118 Å². The van der Waals surface area contributed by atoms with Gasteiger partial charge >= 0.3 is 0 Å². The minimum Gasteiger partial charge on any atom is -0.274 e. The van der Waals surface area contributed by atoms with Gasteiger partial charge in [0, 0.05) is 13.3 Å². The molecule has 20 heavy (non-hydrogen) atoms. The van der Waals surface area contributed by atoms with Crippen molar-refractivity contribution in [3.63, 3.8) is 0 Å². The highest BCUT2D eigenvalue weighted by Gasteiger charge is 2.19. The monoisotopic (exact) mass is 267 g/mol. The lowest BCUT2D eigenvalue weighted by Crippen LogP contribution is -2.35. The molecule has 0 aromatic heterocycles. The van der Waals surface area contributed by atoms with Crippen LogP contribution >= 0.6 is 0 Å². The van der Waals surface area contributed by atoms with Gasteiger partial charge in [0.2, 0.25) is 11.8 Å². The number of hydrogen-bond acceptors (Lipinski definition) is 2. The summed E-state index contributed by atoms with van der Waals surface area (Å²) in [4.78, 5) is 25.2. The van der Waals surface area contributed by atoms with Crippen LogP contribution in [0.2, 0.25) is 0 Å². The van der Waals surface area contributed by atoms with E-state index in [0.717, 1.165) is 5.56 Å². The van der Waals surface area contributed by atoms with Gasteiger partial charge in [0.05, 0.1) is 5.69 Å². The predicted molar refractivity (Wildman–Crippen MR) is 79.4 cm³/mol. The molecule has 2 amide bonds. The van der Waals surface area contributed by atoms with Gasteiger partial charge in [-0.05, 0) is 24.1 Å². The summed E-state index contributed by atoms with van der Waals surface area (Å²) in [6.07, 6.45) is 0.953. The van der Waals surface area contributed by atoms with Gasteiger partial charge in [-0.15, -0.1) is 0 Å². The maximum Gasteiger partial charge on any atom is 0.234 e. The third kappa shape index (κ3) is 3.54. The van der Waals surface area contributed by atoms with Crippen LogP contribution in [0.25, 0.3) is 0 Å². The fraction of sp³-hybridized carbons (Fsp3) is 0.176. The Bertz CT molecular complexity index is 578. The highest BCUT2D eigenvalue weighted by atomic mass is 16.2. The molecule has 0 saturated carbocycles. The Hall–Kier alpha value is -2.42. The zero-order valence-corrected chi connectivity index (χ0v) is 11.5. The number of imide groups is 1. The second-order valence-corrected chi connectivity index (χ2v) is 4.57. The van der Waals surface area contributed by atoms with Crippen molar-refractivity contribution < 1.29 is 9.59 Å². The SMILES string of the molecule is CC(=O)N(C(=O)CCc1ccccc1)c1ccccc1. The smallest absolute Gasteiger partial charge is 0.234 e. The summed E-state index contributed by atoms with van der Waals surface area (Å²) in [6.45, 7) is 1.41. The lowest BCUT2D eigenvalue weighted by molar-refractivity contribution is -0.125. The number of amides is 2. The Kier molecular flexibility index (Phi) is 4.66. The summed E-state index contributed by atoms with van der Waals surface area (Å²) < 4.78 is 0. The molecular weight excluding hydrogens is 250 g/mol. The second kappa shape index (κ2) is 6.66. The number of aryl methyl sites for hydroxylation is 1. The Morgan fingerprint density at radius 3 is 2.00 bits per heavy atom. The van der Waals surface area contributed by atoms with Gasteiger partial charge < -0.3 is 0 Å². The number of nitrogens with zero attached hydrogens (tertiary/aromatic N) is 1. The Morgan fingerprint density at radius 1 is 0.900 bits per heavy atom. The molecular formula is C17H17NO2. The molecule has 0 atom stereocenters. The van der Waals surface area contributed by atoms with Gasteiger partial charge in [-0.2, -0.15) is 0 Å². The van der Waals surface area contributed by atoms with Gasteiger partial charge in [-0.25, -0.2) is 0 Å². The van der Waals surface area contributed by atoms with Crippen molar-refractivity contribution >= 4 is 17.5 Å². The van der Waals surface area contributed by atoms with Crippen LogP contribution in [-0.2, 0) is 16.0 Å². The number of benzene rings is 2. The standard InChI is InChI=1S/C17H17NO2/c1-14(19)18(16-10-6-3-7-11-16)17(20)13-12-15-8-4-2-5-9-15/h2-11H,12-13H2,1H3. The zero-order valence-electron chi connectivity index (χ0n) is 11.5. The molecule has 0 unspecified atom stereocenters. The van der Waals surface area contributed by atoms with E-state index in [1.807, 2.05) is 48.5 Å². The van der Waals surface area contributed by atoms with E-state index in [0.29, 0.717) is 18.5 Å². The number of carbonyl (C=O) groups excluding carboxylic acids is 2. The van der Waals surface area contributed by atoms with E-state index in [9.17, 15) is 9.59 Å². The zero-order chi connectivity index (χ0) is 14.4. The minimum absolute atomic E-state index is 0.174. The quantitative estimate of drug-likeness (QED) is 0.853. The van der Waals surface area contributed by atoms with Crippen molar-refractivity contribution in [1.29, 1.82) is 0 Å². The maximum atomic E-state index is 12.3. The molecule has 2 rings (SSSR count). The largest absolute Gasteiger partial charge is 0.274 e. The van der Waals surface area contributed by atoms with Gasteiger partial charge in [0.25, 0.3) is 0 Å². The molecule has 0 radical (unpaired) electrons. The van der Waals surface area contributed by atoms with E-state index >= 15 is 0 Å². The molecule has 2 aromatic rings. The van der Waals surface area contributed by atoms with Crippen molar-refractivity contribution in [2.45, 2.75) is 19.8 Å². The first kappa shape index (κ1) is 14.0. The van der Waals surface area contributed by atoms with Crippen molar-refractivity contribution in [1.82, 2.24) is 0 Å². The predicted octanol–water partition coefficient (Wildman–Crippen LogP) is 3.20. The van der Waals surface area contributed by atoms with Gasteiger partial charge in [-0.3, -0.25) is 14.5 Å². The van der Waals surface area contributed by atoms with Crippen molar-refractivity contribution in [2.75, 3.05) is 4.90 Å². The first-order valence-corrected chi connectivity index (χ1v) is 6.61. The minimum atomic E-state index is -0.255. The van der Waals surface area contributed by atoms with Crippen LogP contribution in [-0.4, -0.2) is 11.8 Å². The fourth-order valence-electron chi connectivity index (χ4n) is 2.09. The summed E-state index contributed by atoms with van der Waals surface area (Å²) >= 11 is 0. The van der Waals surface area contributed by atoms with Gasteiger partial charge in [0.15, 0.2) is 0 Å². The number of carbonyl (C=O) groups is 2. The van der Waals surface area contributed by atoms with Gasteiger partial charge in [-0.1, -0.05) is 48.5 Å². The first-order chi connectivity index (χ1) is 9.68. The molecule has 0 N–H and O–H groups in total. The van der Waals surface area contributed by atoms with Crippen LogP contribution in [0.1, 0.15) is 18.9 Å². The topological polar surface area (TPSA) is 37.4 Å². The molecule has 0 aliphatic rings. The number of anilines is 1. The number of rotatable bonds is 4. The summed E-state index contributed by atoms with van der Waals surface area (Å²) in [6, 6.07) is 18.8. The van der Waals surface area contributed by atoms with Crippen LogP contribution in [0.3, 0.4) is 0 Å². The van der Waals surface area contributed by atoms with E-state index in [2.05, 4.69) is 0 Å². The van der Waals surface area contributed by atoms with Crippen LogP contribution < -0.4 is 4.90 Å². The van der Waals surface area contributed by atoms with Crippen LogP contribution in [0.15, 0.2) is 60.7 Å². The molecule has 2 aromatic carbocycles. The van der Waals surface area contributed by atoms with E-state index < -0.39 is 0 Å². The second-order valence-electron chi connectivity index (χ2n) is 4.57. The molecule has 0 spiro atoms. The molecule has 102 valence electrons. The first-order valence-electron chi connectivity index (χ1n) is 6.61. The molecule has 0 saturated heterocycles. The van der Waals surface area contributed by atoms with Crippen LogP contribution in [0.4, 0.5) is 5.69 Å². The number of hydrogen-bond donors (Lipinski definition) is 0. The summed E-state index contributed by atoms with van der Waals surface area (Å²) in [7, 11) is 0. The summed E-state index contributed by atoms with van der Waals surface area (Å²) in [5, 5.41) is 0. The molecule has 0 fully saturated rings. The van der Waals surface area contributed by atoms with E-state index in [-0.39, 0.29) is 11.8 Å². The fourth-order valence-corrected chi connectivity index (χ4v) is 2.09. The number of para-hydroxylation sites is 1. The molecule has 3 heteroatoms. The van der Waals surface area contributed by atoms with Gasteiger partial charge in [0.1, 0.15) is 0 Å². The molecule has 0 bridgehead atoms. The van der Waals surface area contributed by atoms with Crippen LogP contribution in [0.5, 0.6) is 0 Å². The van der Waals surface area contributed by atoms with E-state index in [4.69, 9.17) is 0 Å². The maximum absolute atomic E-state index is 12.3. The van der Waals surface area contributed by atoms with Crippen molar-refractivity contribution in [2.24, 2.45) is 0 Å². The lowest BCUT2D eigenvalue weighted by atomic mass is 10.1. The third-order valence-corrected chi connectivity index (χ3v) is 3.05. The highest BCUT2D eigenvalue weighted by Crippen LogP contribution is 2.15. The molecule has 3 nitrogen and oxygen atoms in total. The highest BCUT2D eigenvalue weighted by molar-refractivity contribution is 6.13. The molecule has 0 aliphatic carbocycles. The molecule has 0 aliphatic heterocycles. The van der Waals surface area contributed by atoms with E-state index in [1.165, 1.54) is 11.8 Å². The van der Waals surface area contributed by atoms with Crippen LogP contribution in [0, 0.1) is 0 Å².